The van der Waals surface area contributed by atoms with Crippen LogP contribution in [0, 0.1) is 0 Å². The number of rotatable bonds is 8. The van der Waals surface area contributed by atoms with Gasteiger partial charge in [-0.1, -0.05) is 60.7 Å². The molecule has 0 aliphatic rings. The quantitative estimate of drug-likeness (QED) is 0.759. The van der Waals surface area contributed by atoms with Crippen molar-refractivity contribution in [3.8, 4) is 0 Å². The number of carbonyl (C=O) groups excluding carboxylic acids is 1. The minimum absolute atomic E-state index is 0.0889. The van der Waals surface area contributed by atoms with Crippen molar-refractivity contribution >= 4 is 17.7 Å². The summed E-state index contributed by atoms with van der Waals surface area (Å²) < 4.78 is 5.31. The number of amides is 1. The Morgan fingerprint density at radius 1 is 1.09 bits per heavy atom. The van der Waals surface area contributed by atoms with Gasteiger partial charge in [-0.3, -0.25) is 4.79 Å². The van der Waals surface area contributed by atoms with Crippen molar-refractivity contribution in [2.75, 3.05) is 19.4 Å². The Morgan fingerprint density at radius 3 is 2.36 bits per heavy atom. The largest absolute Gasteiger partial charge is 0.367 e. The van der Waals surface area contributed by atoms with Crippen molar-refractivity contribution in [1.82, 2.24) is 5.32 Å². The van der Waals surface area contributed by atoms with Crippen molar-refractivity contribution in [2.24, 2.45) is 0 Å². The fraction of sp³-hybridized carbons (Fsp3) is 0.278. The third kappa shape index (κ3) is 5.20. The molecule has 116 valence electrons. The molecule has 0 bridgehead atoms. The molecule has 2 rings (SSSR count). The number of benzene rings is 2. The van der Waals surface area contributed by atoms with Gasteiger partial charge in [0, 0.05) is 25.2 Å². The molecule has 0 fully saturated rings. The highest BCUT2D eigenvalue weighted by Crippen LogP contribution is 2.16. The van der Waals surface area contributed by atoms with Gasteiger partial charge in [0.2, 0.25) is 0 Å². The summed E-state index contributed by atoms with van der Waals surface area (Å²) in [5.74, 6) is 1.75. The zero-order valence-corrected chi connectivity index (χ0v) is 13.5. The Balaban J connectivity index is 1.71. The molecule has 0 aliphatic carbocycles. The van der Waals surface area contributed by atoms with Gasteiger partial charge < -0.3 is 10.1 Å². The summed E-state index contributed by atoms with van der Waals surface area (Å²) in [5, 5.41) is 2.93. The van der Waals surface area contributed by atoms with Gasteiger partial charge in [0.1, 0.15) is 0 Å². The zero-order valence-electron chi connectivity index (χ0n) is 12.7. The van der Waals surface area contributed by atoms with Crippen LogP contribution in [0.1, 0.15) is 17.2 Å². The van der Waals surface area contributed by atoms with Crippen LogP contribution < -0.4 is 5.32 Å². The molecule has 1 atom stereocenters. The monoisotopic (exact) mass is 315 g/mol. The first kappa shape index (κ1) is 16.6. The van der Waals surface area contributed by atoms with Gasteiger partial charge in [-0.2, -0.15) is 11.8 Å². The Kier molecular flexibility index (Phi) is 7.00. The fourth-order valence-corrected chi connectivity index (χ4v) is 2.94. The van der Waals surface area contributed by atoms with Crippen molar-refractivity contribution in [1.29, 1.82) is 0 Å². The second-order valence-electron chi connectivity index (χ2n) is 4.86. The maximum absolute atomic E-state index is 12.2. The fourth-order valence-electron chi connectivity index (χ4n) is 2.13. The van der Waals surface area contributed by atoms with Crippen LogP contribution >= 0.6 is 11.8 Å². The molecular weight excluding hydrogens is 294 g/mol. The van der Waals surface area contributed by atoms with Crippen LogP contribution in [0.3, 0.4) is 0 Å². The molecule has 0 unspecified atom stereocenters. The number of methoxy groups -OCH3 is 1. The summed E-state index contributed by atoms with van der Waals surface area (Å²) in [4.78, 5) is 12.2. The van der Waals surface area contributed by atoms with Crippen LogP contribution in [0.5, 0.6) is 0 Å². The number of ether oxygens (including phenoxy) is 1. The first-order valence-corrected chi connectivity index (χ1v) is 8.44. The average molecular weight is 315 g/mol. The normalized spacial score (nSPS) is 11.9. The van der Waals surface area contributed by atoms with E-state index in [-0.39, 0.29) is 5.91 Å². The lowest BCUT2D eigenvalue weighted by Gasteiger charge is -2.15. The molecular formula is C18H21NO2S. The van der Waals surface area contributed by atoms with E-state index in [1.165, 1.54) is 5.56 Å². The van der Waals surface area contributed by atoms with Crippen LogP contribution in [-0.2, 0) is 15.3 Å². The summed E-state index contributed by atoms with van der Waals surface area (Å²) in [6.45, 7) is 0.642. The van der Waals surface area contributed by atoms with Gasteiger partial charge in [0.25, 0.3) is 5.91 Å². The number of nitrogens with one attached hydrogen (secondary N) is 1. The van der Waals surface area contributed by atoms with E-state index in [1.54, 1.807) is 7.11 Å². The number of carbonyl (C=O) groups is 1. The number of thioether (sulfide) groups is 1. The summed E-state index contributed by atoms with van der Waals surface area (Å²) in [6.07, 6.45) is -0.541. The van der Waals surface area contributed by atoms with Crippen molar-refractivity contribution in [2.45, 2.75) is 11.9 Å². The van der Waals surface area contributed by atoms with Gasteiger partial charge in [-0.05, 0) is 11.1 Å². The molecule has 0 spiro atoms. The third-order valence-electron chi connectivity index (χ3n) is 3.23. The van der Waals surface area contributed by atoms with E-state index in [1.807, 2.05) is 60.3 Å². The highest BCUT2D eigenvalue weighted by Gasteiger charge is 2.18. The maximum Gasteiger partial charge on any atom is 0.253 e. The van der Waals surface area contributed by atoms with Crippen molar-refractivity contribution in [3.05, 3.63) is 71.8 Å². The second-order valence-corrected chi connectivity index (χ2v) is 5.96. The lowest BCUT2D eigenvalue weighted by Crippen LogP contribution is -2.32. The average Bonchev–Trinajstić information content (AvgIpc) is 2.57. The van der Waals surface area contributed by atoms with Crippen LogP contribution in [0.2, 0.25) is 0 Å². The lowest BCUT2D eigenvalue weighted by molar-refractivity contribution is -0.131. The Morgan fingerprint density at radius 2 is 1.73 bits per heavy atom. The Hall–Kier alpha value is -1.78. The van der Waals surface area contributed by atoms with Crippen LogP contribution in [0.15, 0.2) is 60.7 Å². The first-order valence-electron chi connectivity index (χ1n) is 7.28. The molecule has 0 heterocycles. The van der Waals surface area contributed by atoms with Crippen LogP contribution in [0.4, 0.5) is 0 Å². The highest BCUT2D eigenvalue weighted by molar-refractivity contribution is 7.98. The summed E-state index contributed by atoms with van der Waals surface area (Å²) in [5.41, 5.74) is 2.18. The second kappa shape index (κ2) is 9.28. The van der Waals surface area contributed by atoms with Gasteiger partial charge >= 0.3 is 0 Å². The smallest absolute Gasteiger partial charge is 0.253 e. The molecule has 0 saturated carbocycles. The van der Waals surface area contributed by atoms with E-state index >= 15 is 0 Å². The topological polar surface area (TPSA) is 38.3 Å². The molecule has 1 amide bonds. The zero-order chi connectivity index (χ0) is 15.6. The minimum Gasteiger partial charge on any atom is -0.367 e. The lowest BCUT2D eigenvalue weighted by atomic mass is 10.1. The highest BCUT2D eigenvalue weighted by atomic mass is 32.2. The maximum atomic E-state index is 12.2. The molecule has 3 nitrogen and oxygen atoms in total. The molecule has 0 radical (unpaired) electrons. The molecule has 2 aromatic carbocycles. The molecule has 0 aliphatic heterocycles. The van der Waals surface area contributed by atoms with E-state index in [0.717, 1.165) is 17.1 Å². The van der Waals surface area contributed by atoms with Gasteiger partial charge in [0.15, 0.2) is 6.10 Å². The van der Waals surface area contributed by atoms with E-state index in [0.29, 0.717) is 6.54 Å². The van der Waals surface area contributed by atoms with Crippen molar-refractivity contribution in [3.63, 3.8) is 0 Å². The van der Waals surface area contributed by atoms with E-state index in [4.69, 9.17) is 4.74 Å². The predicted molar refractivity (Wildman–Crippen MR) is 91.8 cm³/mol. The standard InChI is InChI=1S/C18H21NO2S/c1-21-17(16-10-6-3-7-11-16)18(20)19-12-13-22-14-15-8-4-2-5-9-15/h2-11,17H,12-14H2,1H3,(H,19,20)/t17-/m0/s1. The molecule has 4 heteroatoms. The van der Waals surface area contributed by atoms with E-state index < -0.39 is 6.10 Å². The number of hydrogen-bond acceptors (Lipinski definition) is 3. The molecule has 0 saturated heterocycles. The summed E-state index contributed by atoms with van der Waals surface area (Å²) in [6, 6.07) is 19.9. The first-order chi connectivity index (χ1) is 10.8. The molecule has 1 N–H and O–H groups in total. The molecule has 0 aromatic heterocycles. The predicted octanol–water partition coefficient (Wildman–Crippen LogP) is 3.42. The SMILES string of the molecule is CO[C@H](C(=O)NCCSCc1ccccc1)c1ccccc1. The van der Waals surface area contributed by atoms with Crippen molar-refractivity contribution < 1.29 is 9.53 Å². The summed E-state index contributed by atoms with van der Waals surface area (Å²) >= 11 is 1.81. The van der Waals surface area contributed by atoms with E-state index in [9.17, 15) is 4.79 Å². The van der Waals surface area contributed by atoms with Gasteiger partial charge in [-0.25, -0.2) is 0 Å². The Bertz CT molecular complexity index is 560. The molecule has 22 heavy (non-hydrogen) atoms. The minimum atomic E-state index is -0.541. The Labute approximate surface area is 136 Å². The number of hydrogen-bond donors (Lipinski definition) is 1. The van der Waals surface area contributed by atoms with Gasteiger partial charge in [0.05, 0.1) is 0 Å². The summed E-state index contributed by atoms with van der Waals surface area (Å²) in [7, 11) is 1.56. The third-order valence-corrected chi connectivity index (χ3v) is 4.26. The van der Waals surface area contributed by atoms with E-state index in [2.05, 4.69) is 17.4 Å². The van der Waals surface area contributed by atoms with Crippen LogP contribution in [-0.4, -0.2) is 25.3 Å². The van der Waals surface area contributed by atoms with Gasteiger partial charge in [-0.15, -0.1) is 0 Å². The molecule has 2 aromatic rings. The van der Waals surface area contributed by atoms with Crippen LogP contribution in [0.25, 0.3) is 0 Å².